The number of rotatable bonds is 15. The van der Waals surface area contributed by atoms with E-state index in [1.807, 2.05) is 0 Å². The summed E-state index contributed by atoms with van der Waals surface area (Å²) < 4.78 is 0. The first-order valence-electron chi connectivity index (χ1n) is 9.23. The molecule has 1 rings (SSSR count). The minimum Gasteiger partial charge on any atom is -0.138 e. The number of hydrogen-bond acceptors (Lipinski definition) is 4. The molecule has 1 heterocycles. The van der Waals surface area contributed by atoms with Crippen molar-refractivity contribution < 1.29 is 0 Å². The molecule has 0 aromatic heterocycles. The van der Waals surface area contributed by atoms with Gasteiger partial charge < -0.3 is 0 Å². The predicted molar refractivity (Wildman–Crippen MR) is 88.4 cm³/mol. The van der Waals surface area contributed by atoms with Crippen molar-refractivity contribution in [2.24, 2.45) is 20.7 Å². The molecular formula is C17H34N4. The fraction of sp³-hybridized carbons (Fsp3) is 1.00. The molecule has 1 aliphatic rings. The van der Waals surface area contributed by atoms with Gasteiger partial charge in [0.25, 0.3) is 0 Å². The molecule has 0 fully saturated rings. The van der Waals surface area contributed by atoms with Crippen molar-refractivity contribution in [3.05, 3.63) is 0 Å². The molecule has 0 aromatic carbocycles. The molecule has 0 bridgehead atoms. The van der Waals surface area contributed by atoms with Crippen molar-refractivity contribution in [2.45, 2.75) is 109 Å². The topological polar surface area (TPSA) is 49.4 Å². The monoisotopic (exact) mass is 294 g/mol. The molecule has 0 saturated heterocycles. The highest BCUT2D eigenvalue weighted by Crippen LogP contribution is 2.16. The second-order valence-electron chi connectivity index (χ2n) is 6.28. The van der Waals surface area contributed by atoms with Crippen molar-refractivity contribution in [1.82, 2.24) is 0 Å². The van der Waals surface area contributed by atoms with E-state index in [4.69, 9.17) is 0 Å². The lowest BCUT2D eigenvalue weighted by molar-refractivity contribution is 0.519. The van der Waals surface area contributed by atoms with Crippen LogP contribution in [0.1, 0.15) is 103 Å². The molecule has 122 valence electrons. The Morgan fingerprint density at radius 3 is 1.33 bits per heavy atom. The van der Waals surface area contributed by atoms with Gasteiger partial charge in [-0.3, -0.25) is 0 Å². The Morgan fingerprint density at radius 1 is 0.524 bits per heavy atom. The molecule has 0 spiro atoms. The van der Waals surface area contributed by atoms with Crippen LogP contribution in [0.5, 0.6) is 0 Å². The van der Waals surface area contributed by atoms with Crippen LogP contribution < -0.4 is 0 Å². The van der Waals surface area contributed by atoms with Gasteiger partial charge in [-0.05, 0) is 23.3 Å². The fourth-order valence-electron chi connectivity index (χ4n) is 2.83. The highest BCUT2D eigenvalue weighted by Gasteiger charge is 2.07. The van der Waals surface area contributed by atoms with Crippen molar-refractivity contribution in [3.8, 4) is 0 Å². The summed E-state index contributed by atoms with van der Waals surface area (Å²) in [6, 6.07) is 0. The Balaban J connectivity index is 1.67. The summed E-state index contributed by atoms with van der Waals surface area (Å²) in [5.41, 5.74) is 0. The molecule has 0 saturated carbocycles. The molecule has 4 nitrogen and oxygen atoms in total. The average molecular weight is 294 g/mol. The predicted octanol–water partition coefficient (Wildman–Crippen LogP) is 7.02. The van der Waals surface area contributed by atoms with Gasteiger partial charge in [-0.25, -0.2) is 0 Å². The van der Waals surface area contributed by atoms with E-state index < -0.39 is 0 Å². The summed E-state index contributed by atoms with van der Waals surface area (Å²) in [5.74, 6) is 0. The second kappa shape index (κ2) is 14.2. The van der Waals surface area contributed by atoms with E-state index in [1.54, 1.807) is 0 Å². The Kier molecular flexibility index (Phi) is 12.3. The first kappa shape index (κ1) is 18.2. The van der Waals surface area contributed by atoms with Gasteiger partial charge in [-0.1, -0.05) is 90.4 Å². The summed E-state index contributed by atoms with van der Waals surface area (Å²) in [6.45, 7) is 2.28. The molecule has 0 aromatic rings. The summed E-state index contributed by atoms with van der Waals surface area (Å²) in [4.78, 5) is 0. The SMILES string of the molecule is CCCCCCCCCCCCCCCCC1N=NN=N1. The molecule has 0 amide bonds. The summed E-state index contributed by atoms with van der Waals surface area (Å²) >= 11 is 0. The minimum absolute atomic E-state index is 0.0299. The van der Waals surface area contributed by atoms with Crippen LogP contribution in [0.3, 0.4) is 0 Å². The van der Waals surface area contributed by atoms with E-state index in [1.165, 1.54) is 89.9 Å². The van der Waals surface area contributed by atoms with Crippen molar-refractivity contribution in [1.29, 1.82) is 0 Å². The lowest BCUT2D eigenvalue weighted by Crippen LogP contribution is -1.95. The van der Waals surface area contributed by atoms with Gasteiger partial charge in [-0.15, -0.1) is 10.2 Å². The average Bonchev–Trinajstić information content (AvgIpc) is 3.01. The van der Waals surface area contributed by atoms with Crippen LogP contribution in [0.15, 0.2) is 20.7 Å². The van der Waals surface area contributed by atoms with E-state index in [0.717, 1.165) is 6.42 Å². The zero-order valence-electron chi connectivity index (χ0n) is 14.0. The van der Waals surface area contributed by atoms with Gasteiger partial charge in [0.1, 0.15) is 0 Å². The highest BCUT2D eigenvalue weighted by atomic mass is 15.6. The van der Waals surface area contributed by atoms with Crippen molar-refractivity contribution >= 4 is 0 Å². The Bertz CT molecular complexity index is 264. The maximum absolute atomic E-state index is 3.93. The Labute approximate surface area is 130 Å². The van der Waals surface area contributed by atoms with E-state index >= 15 is 0 Å². The normalized spacial score (nSPS) is 14.3. The fourth-order valence-corrected chi connectivity index (χ4v) is 2.83. The smallest absolute Gasteiger partial charge is 0.138 e. The number of unbranched alkanes of at least 4 members (excludes halogenated alkanes) is 13. The highest BCUT2D eigenvalue weighted by molar-refractivity contribution is 4.61. The van der Waals surface area contributed by atoms with E-state index in [2.05, 4.69) is 27.6 Å². The van der Waals surface area contributed by atoms with E-state index in [9.17, 15) is 0 Å². The molecule has 0 N–H and O–H groups in total. The second-order valence-corrected chi connectivity index (χ2v) is 6.28. The zero-order chi connectivity index (χ0) is 15.0. The summed E-state index contributed by atoms with van der Waals surface area (Å²) in [5, 5.41) is 14.9. The van der Waals surface area contributed by atoms with Crippen LogP contribution in [0.25, 0.3) is 0 Å². The molecule has 0 radical (unpaired) electrons. The Morgan fingerprint density at radius 2 is 0.905 bits per heavy atom. The zero-order valence-corrected chi connectivity index (χ0v) is 14.0. The number of nitrogens with zero attached hydrogens (tertiary/aromatic N) is 4. The van der Waals surface area contributed by atoms with Gasteiger partial charge in [0.15, 0.2) is 6.17 Å². The van der Waals surface area contributed by atoms with Crippen LogP contribution in [0, 0.1) is 0 Å². The quantitative estimate of drug-likeness (QED) is 0.291. The Hall–Kier alpha value is -0.800. The van der Waals surface area contributed by atoms with Crippen LogP contribution in [-0.2, 0) is 0 Å². The van der Waals surface area contributed by atoms with Gasteiger partial charge in [0.05, 0.1) is 0 Å². The van der Waals surface area contributed by atoms with E-state index in [-0.39, 0.29) is 6.17 Å². The number of hydrogen-bond donors (Lipinski definition) is 0. The largest absolute Gasteiger partial charge is 0.185 e. The molecule has 4 heteroatoms. The van der Waals surface area contributed by atoms with Crippen LogP contribution in [0.2, 0.25) is 0 Å². The summed E-state index contributed by atoms with van der Waals surface area (Å²) in [6.07, 6.45) is 20.6. The molecule has 21 heavy (non-hydrogen) atoms. The molecule has 0 atom stereocenters. The first-order valence-corrected chi connectivity index (χ1v) is 9.23. The third-order valence-corrected chi connectivity index (χ3v) is 4.23. The minimum atomic E-state index is 0.0299. The van der Waals surface area contributed by atoms with Gasteiger partial charge >= 0.3 is 0 Å². The van der Waals surface area contributed by atoms with Gasteiger partial charge in [-0.2, -0.15) is 0 Å². The van der Waals surface area contributed by atoms with Crippen LogP contribution >= 0.6 is 0 Å². The molecule has 0 unspecified atom stereocenters. The van der Waals surface area contributed by atoms with E-state index in [0.29, 0.717) is 0 Å². The maximum atomic E-state index is 3.93. The van der Waals surface area contributed by atoms with Crippen molar-refractivity contribution in [2.75, 3.05) is 0 Å². The standard InChI is InChI=1S/C17H34N4/c1-2-3-4-5-6-7-8-9-10-11-12-13-14-15-16-17-18-20-21-19-17/h17H,2-16H2,1H3. The van der Waals surface area contributed by atoms with Crippen LogP contribution in [-0.4, -0.2) is 6.17 Å². The first-order chi connectivity index (χ1) is 10.4. The van der Waals surface area contributed by atoms with Gasteiger partial charge in [0, 0.05) is 0 Å². The van der Waals surface area contributed by atoms with Gasteiger partial charge in [0.2, 0.25) is 0 Å². The third-order valence-electron chi connectivity index (χ3n) is 4.23. The van der Waals surface area contributed by atoms with Crippen LogP contribution in [0.4, 0.5) is 0 Å². The van der Waals surface area contributed by atoms with Crippen molar-refractivity contribution in [3.63, 3.8) is 0 Å². The summed E-state index contributed by atoms with van der Waals surface area (Å²) in [7, 11) is 0. The maximum Gasteiger partial charge on any atom is 0.185 e. The molecule has 0 aliphatic carbocycles. The lowest BCUT2D eigenvalue weighted by atomic mass is 10.0. The lowest BCUT2D eigenvalue weighted by Gasteiger charge is -2.03. The molecule has 1 aliphatic heterocycles. The molecular weight excluding hydrogens is 260 g/mol. The third kappa shape index (κ3) is 11.5.